The number of furan rings is 1. The van der Waals surface area contributed by atoms with E-state index < -0.39 is 0 Å². The Bertz CT molecular complexity index is 557. The number of nitrogens with one attached hydrogen (secondary N) is 1. The van der Waals surface area contributed by atoms with Crippen molar-refractivity contribution >= 4 is 22.6 Å². The third-order valence-corrected chi connectivity index (χ3v) is 4.41. The SMILES string of the molecule is CCNC(c1cc2cccc(Cl)c2o1)C1CCCC1. The summed E-state index contributed by atoms with van der Waals surface area (Å²) >= 11 is 6.20. The average molecular weight is 278 g/mol. The van der Waals surface area contributed by atoms with Crippen molar-refractivity contribution in [3.8, 4) is 0 Å². The Hall–Kier alpha value is -0.990. The van der Waals surface area contributed by atoms with Gasteiger partial charge in [0.1, 0.15) is 5.76 Å². The molecule has 1 atom stereocenters. The molecule has 0 radical (unpaired) electrons. The fourth-order valence-corrected chi connectivity index (χ4v) is 3.43. The predicted molar refractivity (Wildman–Crippen MR) is 79.6 cm³/mol. The number of hydrogen-bond acceptors (Lipinski definition) is 2. The van der Waals surface area contributed by atoms with E-state index in [1.54, 1.807) is 0 Å². The zero-order valence-corrected chi connectivity index (χ0v) is 12.0. The van der Waals surface area contributed by atoms with Crippen LogP contribution in [0.1, 0.15) is 44.4 Å². The number of rotatable bonds is 4. The van der Waals surface area contributed by atoms with Crippen molar-refractivity contribution in [2.45, 2.75) is 38.6 Å². The van der Waals surface area contributed by atoms with Crippen LogP contribution in [0.3, 0.4) is 0 Å². The fourth-order valence-electron chi connectivity index (χ4n) is 3.21. The molecule has 0 amide bonds. The van der Waals surface area contributed by atoms with Gasteiger partial charge in [-0.1, -0.05) is 43.5 Å². The van der Waals surface area contributed by atoms with Crippen LogP contribution in [0.15, 0.2) is 28.7 Å². The van der Waals surface area contributed by atoms with Gasteiger partial charge in [0.15, 0.2) is 5.58 Å². The van der Waals surface area contributed by atoms with Crippen LogP contribution in [0.2, 0.25) is 5.02 Å². The lowest BCUT2D eigenvalue weighted by Gasteiger charge is -2.22. The normalized spacial score (nSPS) is 18.2. The van der Waals surface area contributed by atoms with Gasteiger partial charge in [0, 0.05) is 5.39 Å². The second-order valence-electron chi connectivity index (χ2n) is 5.39. The van der Waals surface area contributed by atoms with Crippen molar-refractivity contribution in [2.24, 2.45) is 5.92 Å². The first kappa shape index (κ1) is 13.0. The van der Waals surface area contributed by atoms with Gasteiger partial charge in [-0.15, -0.1) is 0 Å². The molecule has 19 heavy (non-hydrogen) atoms. The Balaban J connectivity index is 1.97. The highest BCUT2D eigenvalue weighted by atomic mass is 35.5. The number of benzene rings is 1. The summed E-state index contributed by atoms with van der Waals surface area (Å²) in [6.07, 6.45) is 5.27. The summed E-state index contributed by atoms with van der Waals surface area (Å²) in [4.78, 5) is 0. The maximum Gasteiger partial charge on any atom is 0.152 e. The second-order valence-corrected chi connectivity index (χ2v) is 5.79. The smallest absolute Gasteiger partial charge is 0.152 e. The molecule has 2 aromatic rings. The molecule has 0 bridgehead atoms. The van der Waals surface area contributed by atoms with Crippen molar-refractivity contribution < 1.29 is 4.42 Å². The molecule has 1 heterocycles. The molecule has 1 unspecified atom stereocenters. The van der Waals surface area contributed by atoms with E-state index in [4.69, 9.17) is 16.0 Å². The first-order valence-corrected chi connectivity index (χ1v) is 7.58. The standard InChI is InChI=1S/C16H20ClNO/c1-2-18-15(11-6-3-4-7-11)14-10-12-8-5-9-13(17)16(12)19-14/h5,8-11,15,18H,2-4,6-7H2,1H3. The zero-order chi connectivity index (χ0) is 13.2. The van der Waals surface area contributed by atoms with E-state index in [2.05, 4.69) is 24.4 Å². The molecule has 1 aliphatic rings. The molecule has 1 fully saturated rings. The van der Waals surface area contributed by atoms with Crippen molar-refractivity contribution in [1.29, 1.82) is 0 Å². The van der Waals surface area contributed by atoms with Gasteiger partial charge < -0.3 is 9.73 Å². The summed E-state index contributed by atoms with van der Waals surface area (Å²) < 4.78 is 6.03. The Morgan fingerprint density at radius 1 is 1.37 bits per heavy atom. The molecule has 1 aromatic carbocycles. The molecule has 0 spiro atoms. The highest BCUT2D eigenvalue weighted by Gasteiger charge is 2.28. The minimum Gasteiger partial charge on any atom is -0.458 e. The van der Waals surface area contributed by atoms with Crippen LogP contribution < -0.4 is 5.32 Å². The van der Waals surface area contributed by atoms with Crippen LogP contribution in [0, 0.1) is 5.92 Å². The van der Waals surface area contributed by atoms with Gasteiger partial charge in [0.25, 0.3) is 0 Å². The lowest BCUT2D eigenvalue weighted by molar-refractivity contribution is 0.324. The Kier molecular flexibility index (Phi) is 3.81. The Morgan fingerprint density at radius 3 is 2.84 bits per heavy atom. The fraction of sp³-hybridized carbons (Fsp3) is 0.500. The number of para-hydroxylation sites is 1. The maximum absolute atomic E-state index is 6.20. The summed E-state index contributed by atoms with van der Waals surface area (Å²) in [6.45, 7) is 3.11. The van der Waals surface area contributed by atoms with E-state index in [0.29, 0.717) is 17.0 Å². The summed E-state index contributed by atoms with van der Waals surface area (Å²) in [7, 11) is 0. The van der Waals surface area contributed by atoms with E-state index in [1.807, 2.05) is 12.1 Å². The summed E-state index contributed by atoms with van der Waals surface area (Å²) in [5.74, 6) is 1.73. The molecule has 3 heteroatoms. The maximum atomic E-state index is 6.20. The highest BCUT2D eigenvalue weighted by molar-refractivity contribution is 6.34. The van der Waals surface area contributed by atoms with Crippen LogP contribution in [-0.2, 0) is 0 Å². The third kappa shape index (κ3) is 2.52. The van der Waals surface area contributed by atoms with Crippen LogP contribution >= 0.6 is 11.6 Å². The lowest BCUT2D eigenvalue weighted by atomic mass is 9.96. The Morgan fingerprint density at radius 2 is 2.16 bits per heavy atom. The lowest BCUT2D eigenvalue weighted by Crippen LogP contribution is -2.26. The van der Waals surface area contributed by atoms with E-state index in [0.717, 1.165) is 23.3 Å². The van der Waals surface area contributed by atoms with Crippen LogP contribution in [-0.4, -0.2) is 6.54 Å². The minimum absolute atomic E-state index is 0.330. The van der Waals surface area contributed by atoms with Crippen molar-refractivity contribution in [2.75, 3.05) is 6.54 Å². The van der Waals surface area contributed by atoms with Crippen molar-refractivity contribution in [3.05, 3.63) is 35.0 Å². The number of fused-ring (bicyclic) bond motifs is 1. The minimum atomic E-state index is 0.330. The molecule has 1 N–H and O–H groups in total. The van der Waals surface area contributed by atoms with Gasteiger partial charge in [0.05, 0.1) is 11.1 Å². The summed E-state index contributed by atoms with van der Waals surface area (Å²) in [5.41, 5.74) is 0.820. The van der Waals surface area contributed by atoms with Gasteiger partial charge >= 0.3 is 0 Å². The Labute approximate surface area is 119 Å². The van der Waals surface area contributed by atoms with Gasteiger partial charge in [-0.3, -0.25) is 0 Å². The molecule has 1 saturated carbocycles. The van der Waals surface area contributed by atoms with E-state index in [-0.39, 0.29) is 0 Å². The van der Waals surface area contributed by atoms with E-state index in [1.165, 1.54) is 25.7 Å². The van der Waals surface area contributed by atoms with Crippen LogP contribution in [0.5, 0.6) is 0 Å². The monoisotopic (exact) mass is 277 g/mol. The van der Waals surface area contributed by atoms with E-state index >= 15 is 0 Å². The largest absolute Gasteiger partial charge is 0.458 e. The molecule has 1 aliphatic carbocycles. The molecule has 0 saturated heterocycles. The van der Waals surface area contributed by atoms with Gasteiger partial charge in [-0.05, 0) is 37.4 Å². The third-order valence-electron chi connectivity index (χ3n) is 4.12. The predicted octanol–water partition coefficient (Wildman–Crippen LogP) is 4.93. The quantitative estimate of drug-likeness (QED) is 0.857. The van der Waals surface area contributed by atoms with E-state index in [9.17, 15) is 0 Å². The van der Waals surface area contributed by atoms with Crippen LogP contribution in [0.25, 0.3) is 11.0 Å². The first-order valence-electron chi connectivity index (χ1n) is 7.21. The first-order chi connectivity index (χ1) is 9.29. The summed E-state index contributed by atoms with van der Waals surface area (Å²) in [5, 5.41) is 5.38. The van der Waals surface area contributed by atoms with Gasteiger partial charge in [-0.25, -0.2) is 0 Å². The van der Waals surface area contributed by atoms with Crippen LogP contribution in [0.4, 0.5) is 0 Å². The van der Waals surface area contributed by atoms with Gasteiger partial charge in [0.2, 0.25) is 0 Å². The zero-order valence-electron chi connectivity index (χ0n) is 11.3. The van der Waals surface area contributed by atoms with Gasteiger partial charge in [-0.2, -0.15) is 0 Å². The number of hydrogen-bond donors (Lipinski definition) is 1. The number of halogens is 1. The topological polar surface area (TPSA) is 25.2 Å². The molecule has 3 rings (SSSR count). The average Bonchev–Trinajstić information content (AvgIpc) is 3.05. The van der Waals surface area contributed by atoms with Crippen molar-refractivity contribution in [1.82, 2.24) is 5.32 Å². The second kappa shape index (κ2) is 5.56. The van der Waals surface area contributed by atoms with Crippen molar-refractivity contribution in [3.63, 3.8) is 0 Å². The highest BCUT2D eigenvalue weighted by Crippen LogP contribution is 2.38. The molecule has 102 valence electrons. The molecular formula is C16H20ClNO. The molecule has 2 nitrogen and oxygen atoms in total. The molecule has 1 aromatic heterocycles. The summed E-state index contributed by atoms with van der Waals surface area (Å²) in [6, 6.07) is 8.39. The molecular weight excluding hydrogens is 258 g/mol. The molecule has 0 aliphatic heterocycles.